The molecule has 0 saturated heterocycles. The molecular formula is C19H17N5OS. The highest BCUT2D eigenvalue weighted by Gasteiger charge is 2.13. The molecule has 0 fully saturated rings. The number of thiophene rings is 1. The van der Waals surface area contributed by atoms with E-state index in [1.807, 2.05) is 51.1 Å². The second kappa shape index (κ2) is 6.34. The summed E-state index contributed by atoms with van der Waals surface area (Å²) in [4.78, 5) is 21.8. The summed E-state index contributed by atoms with van der Waals surface area (Å²) in [6, 6.07) is 9.82. The Morgan fingerprint density at radius 3 is 2.50 bits per heavy atom. The van der Waals surface area contributed by atoms with E-state index in [2.05, 4.69) is 20.4 Å². The molecule has 130 valence electrons. The van der Waals surface area contributed by atoms with Gasteiger partial charge in [0.05, 0.1) is 28.7 Å². The predicted octanol–water partition coefficient (Wildman–Crippen LogP) is 4.05. The van der Waals surface area contributed by atoms with Gasteiger partial charge in [0, 0.05) is 10.4 Å². The summed E-state index contributed by atoms with van der Waals surface area (Å²) in [6.45, 7) is 5.96. The Morgan fingerprint density at radius 1 is 1.12 bits per heavy atom. The zero-order chi connectivity index (χ0) is 18.3. The van der Waals surface area contributed by atoms with Gasteiger partial charge in [-0.3, -0.25) is 4.79 Å². The van der Waals surface area contributed by atoms with Crippen LogP contribution in [0.4, 0.5) is 5.69 Å². The molecule has 0 aliphatic heterocycles. The number of anilines is 1. The molecule has 6 nitrogen and oxygen atoms in total. The van der Waals surface area contributed by atoms with E-state index in [-0.39, 0.29) is 5.91 Å². The van der Waals surface area contributed by atoms with Crippen LogP contribution in [0.5, 0.6) is 0 Å². The van der Waals surface area contributed by atoms with E-state index < -0.39 is 0 Å². The maximum absolute atomic E-state index is 12.5. The number of carbonyl (C=O) groups is 1. The highest BCUT2D eigenvalue weighted by atomic mass is 32.1. The smallest absolute Gasteiger partial charge is 0.265 e. The summed E-state index contributed by atoms with van der Waals surface area (Å²) in [5, 5.41) is 8.36. The first-order chi connectivity index (χ1) is 12.5. The maximum atomic E-state index is 12.5. The molecule has 0 atom stereocenters. The molecule has 1 aromatic carbocycles. The molecule has 26 heavy (non-hydrogen) atoms. The Bertz CT molecular complexity index is 1080. The third-order valence-corrected chi connectivity index (χ3v) is 5.50. The highest BCUT2D eigenvalue weighted by molar-refractivity contribution is 7.20. The number of hydrogen-bond acceptors (Lipinski definition) is 5. The van der Waals surface area contributed by atoms with Gasteiger partial charge in [0.15, 0.2) is 0 Å². The van der Waals surface area contributed by atoms with E-state index in [0.29, 0.717) is 16.5 Å². The molecule has 4 rings (SSSR count). The fraction of sp³-hybridized carbons (Fsp3) is 0.158. The van der Waals surface area contributed by atoms with Gasteiger partial charge in [0.1, 0.15) is 0 Å². The van der Waals surface area contributed by atoms with E-state index in [4.69, 9.17) is 0 Å². The van der Waals surface area contributed by atoms with E-state index in [1.165, 1.54) is 11.3 Å². The SMILES string of the molecule is Cc1nn(-c2ncc(NC(=O)c3cc4ccccc4s3)cn2)c(C)c1C. The van der Waals surface area contributed by atoms with Crippen molar-refractivity contribution in [3.05, 3.63) is 64.6 Å². The first-order valence-corrected chi connectivity index (χ1v) is 9.00. The Hall–Kier alpha value is -3.06. The van der Waals surface area contributed by atoms with Crippen molar-refractivity contribution < 1.29 is 4.79 Å². The third kappa shape index (κ3) is 2.86. The van der Waals surface area contributed by atoms with E-state index in [0.717, 1.165) is 27.0 Å². The van der Waals surface area contributed by atoms with Crippen molar-refractivity contribution in [3.8, 4) is 5.95 Å². The van der Waals surface area contributed by atoms with E-state index in [9.17, 15) is 4.79 Å². The molecule has 0 spiro atoms. The number of aryl methyl sites for hydroxylation is 1. The summed E-state index contributed by atoms with van der Waals surface area (Å²) in [5.74, 6) is 0.322. The summed E-state index contributed by atoms with van der Waals surface area (Å²) in [6.07, 6.45) is 3.19. The lowest BCUT2D eigenvalue weighted by atomic mass is 10.2. The van der Waals surface area contributed by atoms with Crippen LogP contribution in [0.15, 0.2) is 42.7 Å². The normalized spacial score (nSPS) is 11.0. The van der Waals surface area contributed by atoms with Gasteiger partial charge in [0.25, 0.3) is 11.9 Å². The lowest BCUT2D eigenvalue weighted by molar-refractivity contribution is 0.103. The van der Waals surface area contributed by atoms with Gasteiger partial charge in [-0.25, -0.2) is 14.6 Å². The fourth-order valence-electron chi connectivity index (χ4n) is 2.70. The first kappa shape index (κ1) is 16.4. The zero-order valence-corrected chi connectivity index (χ0v) is 15.5. The quantitative estimate of drug-likeness (QED) is 0.596. The van der Waals surface area contributed by atoms with Gasteiger partial charge >= 0.3 is 0 Å². The van der Waals surface area contributed by atoms with Crippen molar-refractivity contribution in [2.45, 2.75) is 20.8 Å². The Labute approximate surface area is 154 Å². The topological polar surface area (TPSA) is 72.7 Å². The van der Waals surface area contributed by atoms with Crippen molar-refractivity contribution in [2.75, 3.05) is 5.32 Å². The average Bonchev–Trinajstić information content (AvgIpc) is 3.19. The molecule has 7 heteroatoms. The number of benzene rings is 1. The zero-order valence-electron chi connectivity index (χ0n) is 14.6. The van der Waals surface area contributed by atoms with Crippen LogP contribution in [0, 0.1) is 20.8 Å². The molecule has 3 aromatic heterocycles. The molecule has 3 heterocycles. The van der Waals surface area contributed by atoms with Gasteiger partial charge in [-0.2, -0.15) is 5.10 Å². The van der Waals surface area contributed by atoms with Crippen molar-refractivity contribution in [1.82, 2.24) is 19.7 Å². The number of fused-ring (bicyclic) bond motifs is 1. The molecule has 1 amide bonds. The fourth-order valence-corrected chi connectivity index (χ4v) is 3.65. The van der Waals surface area contributed by atoms with Crippen LogP contribution in [0.25, 0.3) is 16.0 Å². The Morgan fingerprint density at radius 2 is 1.85 bits per heavy atom. The predicted molar refractivity (Wildman–Crippen MR) is 103 cm³/mol. The molecule has 1 N–H and O–H groups in total. The largest absolute Gasteiger partial charge is 0.319 e. The van der Waals surface area contributed by atoms with Crippen LogP contribution in [0.1, 0.15) is 26.6 Å². The second-order valence-corrected chi connectivity index (χ2v) is 7.17. The third-order valence-electron chi connectivity index (χ3n) is 4.39. The molecule has 0 aliphatic carbocycles. The summed E-state index contributed by atoms with van der Waals surface area (Å²) in [5.41, 5.74) is 3.63. The monoisotopic (exact) mass is 363 g/mol. The Balaban J connectivity index is 1.55. The summed E-state index contributed by atoms with van der Waals surface area (Å²) >= 11 is 1.46. The number of nitrogens with zero attached hydrogens (tertiary/aromatic N) is 4. The van der Waals surface area contributed by atoms with Gasteiger partial charge in [-0.05, 0) is 43.9 Å². The lowest BCUT2D eigenvalue weighted by Crippen LogP contribution is -2.12. The number of amides is 1. The Kier molecular flexibility index (Phi) is 4.00. The summed E-state index contributed by atoms with van der Waals surface area (Å²) < 4.78 is 2.80. The lowest BCUT2D eigenvalue weighted by Gasteiger charge is -2.05. The molecule has 0 aliphatic rings. The average molecular weight is 363 g/mol. The van der Waals surface area contributed by atoms with Crippen LogP contribution in [-0.4, -0.2) is 25.7 Å². The van der Waals surface area contributed by atoms with Gasteiger partial charge < -0.3 is 5.32 Å². The van der Waals surface area contributed by atoms with Crippen molar-refractivity contribution in [2.24, 2.45) is 0 Å². The molecular weight excluding hydrogens is 346 g/mol. The van der Waals surface area contributed by atoms with Crippen LogP contribution in [0.3, 0.4) is 0 Å². The van der Waals surface area contributed by atoms with E-state index >= 15 is 0 Å². The van der Waals surface area contributed by atoms with Crippen LogP contribution in [0.2, 0.25) is 0 Å². The standard InChI is InChI=1S/C19H17N5OS/c1-11-12(2)23-24(13(11)3)19-20-9-15(10-21-19)22-18(25)17-8-14-6-4-5-7-16(14)26-17/h4-10H,1-3H3,(H,22,25). The molecule has 0 radical (unpaired) electrons. The minimum atomic E-state index is -0.162. The number of rotatable bonds is 3. The molecule has 4 aromatic rings. The van der Waals surface area contributed by atoms with Crippen molar-refractivity contribution in [1.29, 1.82) is 0 Å². The van der Waals surface area contributed by atoms with Crippen molar-refractivity contribution >= 4 is 33.0 Å². The molecule has 0 bridgehead atoms. The van der Waals surface area contributed by atoms with Crippen molar-refractivity contribution in [3.63, 3.8) is 0 Å². The molecule has 0 saturated carbocycles. The van der Waals surface area contributed by atoms with Gasteiger partial charge in [-0.1, -0.05) is 18.2 Å². The second-order valence-electron chi connectivity index (χ2n) is 6.08. The maximum Gasteiger partial charge on any atom is 0.265 e. The summed E-state index contributed by atoms with van der Waals surface area (Å²) in [7, 11) is 0. The van der Waals surface area contributed by atoms with Gasteiger partial charge in [0.2, 0.25) is 0 Å². The number of hydrogen-bond donors (Lipinski definition) is 1. The van der Waals surface area contributed by atoms with Gasteiger partial charge in [-0.15, -0.1) is 11.3 Å². The highest BCUT2D eigenvalue weighted by Crippen LogP contribution is 2.26. The van der Waals surface area contributed by atoms with Crippen LogP contribution >= 0.6 is 11.3 Å². The minimum absolute atomic E-state index is 0.162. The number of nitrogens with one attached hydrogen (secondary N) is 1. The number of aromatic nitrogens is 4. The molecule has 0 unspecified atom stereocenters. The first-order valence-electron chi connectivity index (χ1n) is 8.18. The minimum Gasteiger partial charge on any atom is -0.319 e. The van der Waals surface area contributed by atoms with Crippen LogP contribution < -0.4 is 5.32 Å². The number of carbonyl (C=O) groups excluding carboxylic acids is 1. The van der Waals surface area contributed by atoms with E-state index in [1.54, 1.807) is 17.1 Å². The van der Waals surface area contributed by atoms with Crippen LogP contribution in [-0.2, 0) is 0 Å².